The molecule has 86 valence electrons. The summed E-state index contributed by atoms with van der Waals surface area (Å²) in [7, 11) is 0. The van der Waals surface area contributed by atoms with Gasteiger partial charge in [0.15, 0.2) is 0 Å². The predicted octanol–water partition coefficient (Wildman–Crippen LogP) is 1.57. The lowest BCUT2D eigenvalue weighted by atomic mass is 9.96. The molecular formula is C11H19NO3. The predicted molar refractivity (Wildman–Crippen MR) is 58.5 cm³/mol. The Morgan fingerprint density at radius 1 is 1.40 bits per heavy atom. The highest BCUT2D eigenvalue weighted by Crippen LogP contribution is 2.13. The van der Waals surface area contributed by atoms with E-state index in [0.717, 1.165) is 0 Å². The minimum Gasteiger partial charge on any atom is -0.480 e. The summed E-state index contributed by atoms with van der Waals surface area (Å²) >= 11 is 0. The molecule has 15 heavy (non-hydrogen) atoms. The lowest BCUT2D eigenvalue weighted by Crippen LogP contribution is -2.39. The second-order valence-corrected chi connectivity index (χ2v) is 4.51. The molecule has 0 aliphatic rings. The van der Waals surface area contributed by atoms with Gasteiger partial charge in [-0.2, -0.15) is 0 Å². The van der Waals surface area contributed by atoms with Gasteiger partial charge in [-0.25, -0.2) is 4.79 Å². The zero-order valence-electron chi connectivity index (χ0n) is 9.70. The van der Waals surface area contributed by atoms with Gasteiger partial charge in [0.25, 0.3) is 0 Å². The lowest BCUT2D eigenvalue weighted by Gasteiger charge is -2.13. The highest BCUT2D eigenvalue weighted by molar-refractivity contribution is 5.91. The monoisotopic (exact) mass is 213 g/mol. The average molecular weight is 213 g/mol. The number of nitrogens with one attached hydrogen (secondary N) is 1. The number of carbonyl (C=O) groups excluding carboxylic acids is 1. The minimum atomic E-state index is -1.00. The second-order valence-electron chi connectivity index (χ2n) is 4.51. The Morgan fingerprint density at radius 3 is 2.27 bits per heavy atom. The van der Waals surface area contributed by atoms with Crippen LogP contribution < -0.4 is 5.32 Å². The Balaban J connectivity index is 4.25. The summed E-state index contributed by atoms with van der Waals surface area (Å²) in [6, 6.07) is -0.804. The highest BCUT2D eigenvalue weighted by atomic mass is 16.4. The van der Waals surface area contributed by atoms with E-state index in [2.05, 4.69) is 5.32 Å². The third-order valence-electron chi connectivity index (χ3n) is 1.76. The van der Waals surface area contributed by atoms with Crippen LogP contribution in [0.2, 0.25) is 0 Å². The van der Waals surface area contributed by atoms with Crippen molar-refractivity contribution in [1.29, 1.82) is 0 Å². The first-order valence-electron chi connectivity index (χ1n) is 4.99. The normalized spacial score (nSPS) is 13.9. The minimum absolute atomic E-state index is 0.0811. The van der Waals surface area contributed by atoms with Gasteiger partial charge in [-0.15, -0.1) is 0 Å². The highest BCUT2D eigenvalue weighted by Gasteiger charge is 2.16. The van der Waals surface area contributed by atoms with Crippen molar-refractivity contribution in [2.45, 2.75) is 40.2 Å². The number of rotatable bonds is 4. The summed E-state index contributed by atoms with van der Waals surface area (Å²) in [6.07, 6.45) is 3.51. The summed E-state index contributed by atoms with van der Waals surface area (Å²) in [5, 5.41) is 11.1. The van der Waals surface area contributed by atoms with E-state index in [9.17, 15) is 9.59 Å². The number of carbonyl (C=O) groups is 2. The van der Waals surface area contributed by atoms with Crippen LogP contribution in [0.3, 0.4) is 0 Å². The van der Waals surface area contributed by atoms with E-state index >= 15 is 0 Å². The molecule has 0 rings (SSSR count). The summed E-state index contributed by atoms with van der Waals surface area (Å²) in [4.78, 5) is 21.9. The molecule has 0 spiro atoms. The summed E-state index contributed by atoms with van der Waals surface area (Å²) in [5.41, 5.74) is -0.0811. The Labute approximate surface area is 90.4 Å². The maximum atomic E-state index is 11.3. The Kier molecular flexibility index (Phi) is 5.05. The van der Waals surface area contributed by atoms with Gasteiger partial charge in [0.05, 0.1) is 0 Å². The molecule has 0 aromatic rings. The van der Waals surface area contributed by atoms with Gasteiger partial charge in [0.2, 0.25) is 5.91 Å². The van der Waals surface area contributed by atoms with E-state index < -0.39 is 12.0 Å². The van der Waals surface area contributed by atoms with Crippen molar-refractivity contribution in [3.05, 3.63) is 12.2 Å². The van der Waals surface area contributed by atoms with E-state index in [0.29, 0.717) is 6.42 Å². The molecule has 0 aromatic heterocycles. The van der Waals surface area contributed by atoms with Crippen LogP contribution in [-0.2, 0) is 9.59 Å². The quantitative estimate of drug-likeness (QED) is 0.696. The Morgan fingerprint density at radius 2 is 1.93 bits per heavy atom. The SMILES string of the molecule is CCC(NC(=O)/C=C/C(C)(C)C)C(=O)O. The molecule has 0 aliphatic heterocycles. The third-order valence-corrected chi connectivity index (χ3v) is 1.76. The molecule has 2 N–H and O–H groups in total. The van der Waals surface area contributed by atoms with E-state index in [-0.39, 0.29) is 11.3 Å². The molecule has 0 saturated heterocycles. The molecule has 0 heterocycles. The summed E-state index contributed by atoms with van der Waals surface area (Å²) < 4.78 is 0. The number of hydrogen-bond donors (Lipinski definition) is 2. The van der Waals surface area contributed by atoms with Crippen LogP contribution in [0.4, 0.5) is 0 Å². The first kappa shape index (κ1) is 13.7. The molecule has 0 aromatic carbocycles. The standard InChI is InChI=1S/C11H19NO3/c1-5-8(10(14)15)12-9(13)6-7-11(2,3)4/h6-8H,5H2,1-4H3,(H,12,13)(H,14,15)/b7-6+. The molecule has 0 aliphatic carbocycles. The van der Waals surface area contributed by atoms with Crippen molar-refractivity contribution in [2.24, 2.45) is 5.41 Å². The molecular weight excluding hydrogens is 194 g/mol. The number of amides is 1. The van der Waals surface area contributed by atoms with Gasteiger partial charge in [-0.3, -0.25) is 4.79 Å². The summed E-state index contributed by atoms with van der Waals surface area (Å²) in [6.45, 7) is 7.61. The maximum Gasteiger partial charge on any atom is 0.326 e. The number of carboxylic acids is 1. The second kappa shape index (κ2) is 5.53. The molecule has 1 atom stereocenters. The van der Waals surface area contributed by atoms with Crippen molar-refractivity contribution in [2.75, 3.05) is 0 Å². The van der Waals surface area contributed by atoms with Gasteiger partial charge in [-0.1, -0.05) is 33.8 Å². The van der Waals surface area contributed by atoms with Crippen molar-refractivity contribution >= 4 is 11.9 Å². The van der Waals surface area contributed by atoms with Crippen LogP contribution in [0.5, 0.6) is 0 Å². The van der Waals surface area contributed by atoms with Crippen molar-refractivity contribution < 1.29 is 14.7 Å². The maximum absolute atomic E-state index is 11.3. The molecule has 0 saturated carbocycles. The summed E-state index contributed by atoms with van der Waals surface area (Å²) in [5.74, 6) is -1.37. The first-order chi connectivity index (χ1) is 6.76. The van der Waals surface area contributed by atoms with Gasteiger partial charge >= 0.3 is 5.97 Å². The first-order valence-corrected chi connectivity index (χ1v) is 4.99. The van der Waals surface area contributed by atoms with E-state index in [1.54, 1.807) is 13.0 Å². The van der Waals surface area contributed by atoms with Gasteiger partial charge in [-0.05, 0) is 17.9 Å². The zero-order valence-corrected chi connectivity index (χ0v) is 9.70. The molecule has 0 fully saturated rings. The van der Waals surface area contributed by atoms with Crippen molar-refractivity contribution in [3.8, 4) is 0 Å². The fourth-order valence-corrected chi connectivity index (χ4v) is 0.884. The fourth-order valence-electron chi connectivity index (χ4n) is 0.884. The number of aliphatic carboxylic acids is 1. The van der Waals surface area contributed by atoms with Crippen LogP contribution in [0.15, 0.2) is 12.2 Å². The largest absolute Gasteiger partial charge is 0.480 e. The van der Waals surface area contributed by atoms with E-state index in [1.807, 2.05) is 20.8 Å². The van der Waals surface area contributed by atoms with Gasteiger partial charge in [0.1, 0.15) is 6.04 Å². The van der Waals surface area contributed by atoms with Crippen LogP contribution in [0, 0.1) is 5.41 Å². The molecule has 0 bridgehead atoms. The topological polar surface area (TPSA) is 66.4 Å². The molecule has 1 amide bonds. The Hall–Kier alpha value is -1.32. The number of hydrogen-bond acceptors (Lipinski definition) is 2. The smallest absolute Gasteiger partial charge is 0.326 e. The number of allylic oxidation sites excluding steroid dienone is 1. The van der Waals surface area contributed by atoms with Crippen LogP contribution in [0.1, 0.15) is 34.1 Å². The third kappa shape index (κ3) is 6.71. The molecule has 4 nitrogen and oxygen atoms in total. The van der Waals surface area contributed by atoms with Crippen LogP contribution in [0.25, 0.3) is 0 Å². The zero-order chi connectivity index (χ0) is 12.1. The average Bonchev–Trinajstić information content (AvgIpc) is 2.09. The van der Waals surface area contributed by atoms with Crippen LogP contribution >= 0.6 is 0 Å². The molecule has 4 heteroatoms. The molecule has 1 unspecified atom stereocenters. The Bertz CT molecular complexity index is 263. The molecule has 0 radical (unpaired) electrons. The fraction of sp³-hybridized carbons (Fsp3) is 0.636. The van der Waals surface area contributed by atoms with Crippen molar-refractivity contribution in [3.63, 3.8) is 0 Å². The number of carboxylic acid groups (broad SMARTS) is 1. The van der Waals surface area contributed by atoms with Gasteiger partial charge < -0.3 is 10.4 Å². The van der Waals surface area contributed by atoms with Gasteiger partial charge in [0, 0.05) is 0 Å². The van der Waals surface area contributed by atoms with Crippen molar-refractivity contribution in [1.82, 2.24) is 5.32 Å². The van der Waals surface area contributed by atoms with E-state index in [1.165, 1.54) is 6.08 Å². The van der Waals surface area contributed by atoms with Crippen LogP contribution in [-0.4, -0.2) is 23.0 Å². The van der Waals surface area contributed by atoms with E-state index in [4.69, 9.17) is 5.11 Å². The lowest BCUT2D eigenvalue weighted by molar-refractivity contribution is -0.141.